The van der Waals surface area contributed by atoms with Crippen LogP contribution in [0.4, 0.5) is 23.9 Å². The highest BCUT2D eigenvalue weighted by Crippen LogP contribution is 2.54. The average Bonchev–Trinajstić information content (AvgIpc) is 3.48. The number of aryl methyl sites for hydroxylation is 1. The summed E-state index contributed by atoms with van der Waals surface area (Å²) >= 11 is 0. The van der Waals surface area contributed by atoms with Crippen LogP contribution >= 0.6 is 0 Å². The molecule has 184 valence electrons. The molecule has 1 atom stereocenters. The molecular formula is C23H28F3N5O3. The zero-order valence-corrected chi connectivity index (χ0v) is 19.5. The van der Waals surface area contributed by atoms with Crippen molar-refractivity contribution in [1.82, 2.24) is 20.1 Å². The lowest BCUT2D eigenvalue weighted by Gasteiger charge is -2.39. The van der Waals surface area contributed by atoms with Crippen LogP contribution in [0.5, 0.6) is 5.75 Å². The van der Waals surface area contributed by atoms with Crippen molar-refractivity contribution < 1.29 is 27.8 Å². The second-order valence-electron chi connectivity index (χ2n) is 10.0. The lowest BCUT2D eigenvalue weighted by atomic mass is 9.88. The molecule has 1 saturated carbocycles. The predicted octanol–water partition coefficient (Wildman–Crippen LogP) is 4.77. The van der Waals surface area contributed by atoms with Gasteiger partial charge in [0.15, 0.2) is 0 Å². The quantitative estimate of drug-likeness (QED) is 0.654. The molecule has 1 unspecified atom stereocenters. The number of phenols is 1. The van der Waals surface area contributed by atoms with Gasteiger partial charge >= 0.3 is 12.3 Å². The van der Waals surface area contributed by atoms with Crippen molar-refractivity contribution in [1.29, 1.82) is 0 Å². The largest absolute Gasteiger partial charge is 0.507 e. The van der Waals surface area contributed by atoms with E-state index in [0.29, 0.717) is 24.8 Å². The number of benzene rings is 1. The van der Waals surface area contributed by atoms with E-state index in [2.05, 4.69) is 20.5 Å². The summed E-state index contributed by atoms with van der Waals surface area (Å²) in [4.78, 5) is 18.7. The summed E-state index contributed by atoms with van der Waals surface area (Å²) in [5, 5.41) is 21.7. The number of nitrogens with zero attached hydrogens (tertiary/aromatic N) is 4. The molecular weight excluding hydrogens is 451 g/mol. The molecule has 1 aliphatic carbocycles. The summed E-state index contributed by atoms with van der Waals surface area (Å²) in [6.07, 6.45) is -2.01. The first-order valence-electron chi connectivity index (χ1n) is 11.1. The molecule has 8 nitrogen and oxygen atoms in total. The summed E-state index contributed by atoms with van der Waals surface area (Å²) in [6.45, 7) is 8.19. The van der Waals surface area contributed by atoms with E-state index in [9.17, 15) is 23.1 Å². The van der Waals surface area contributed by atoms with Gasteiger partial charge in [-0.1, -0.05) is 0 Å². The van der Waals surface area contributed by atoms with Gasteiger partial charge in [-0.2, -0.15) is 13.2 Å². The van der Waals surface area contributed by atoms with Crippen LogP contribution in [-0.4, -0.2) is 56.0 Å². The van der Waals surface area contributed by atoms with Gasteiger partial charge < -0.3 is 20.1 Å². The number of ether oxygens (including phenoxy) is 1. The second-order valence-corrected chi connectivity index (χ2v) is 10.0. The molecule has 4 rings (SSSR count). The third kappa shape index (κ3) is 5.02. The fourth-order valence-electron chi connectivity index (χ4n) is 4.27. The maximum atomic E-state index is 12.9. The summed E-state index contributed by atoms with van der Waals surface area (Å²) in [5.41, 5.74) is -0.760. The minimum absolute atomic E-state index is 0.0696. The van der Waals surface area contributed by atoms with Crippen molar-refractivity contribution in [3.8, 4) is 17.0 Å². The number of piperidine rings is 1. The normalized spacial score (nSPS) is 19.7. The molecule has 1 amide bonds. The molecule has 2 fully saturated rings. The molecule has 0 radical (unpaired) electrons. The highest BCUT2D eigenvalue weighted by Gasteiger charge is 2.53. The Hall–Kier alpha value is -3.11. The average molecular weight is 480 g/mol. The van der Waals surface area contributed by atoms with Gasteiger partial charge in [-0.05, 0) is 70.6 Å². The van der Waals surface area contributed by atoms with Crippen molar-refractivity contribution >= 4 is 12.0 Å². The first-order chi connectivity index (χ1) is 15.8. The summed E-state index contributed by atoms with van der Waals surface area (Å²) in [6, 6.07) is 2.61. The molecule has 1 aromatic heterocycles. The Balaban J connectivity index is 1.51. The van der Waals surface area contributed by atoms with Gasteiger partial charge in [0.25, 0.3) is 0 Å². The standard InChI is InChI=1S/C23H28F3N5O3/c1-13-18(15-6-5-14(11-16(15)32)23(24,25)26)29-30-19(27-13)28-17-12-31(10-9-22(17)7-8-22)20(33)34-21(2,3)4/h5-6,11,17,32H,7-10,12H2,1-4H3,(H,27,28,30). The number of hydrogen-bond acceptors (Lipinski definition) is 7. The Morgan fingerprint density at radius 2 is 1.91 bits per heavy atom. The predicted molar refractivity (Wildman–Crippen MR) is 118 cm³/mol. The Morgan fingerprint density at radius 1 is 1.21 bits per heavy atom. The summed E-state index contributed by atoms with van der Waals surface area (Å²) in [7, 11) is 0. The Kier molecular flexibility index (Phi) is 5.85. The van der Waals surface area contributed by atoms with Gasteiger partial charge in [0.05, 0.1) is 17.3 Å². The minimum atomic E-state index is -4.56. The number of halogens is 3. The highest BCUT2D eigenvalue weighted by atomic mass is 19.4. The number of anilines is 1. The van der Waals surface area contributed by atoms with E-state index in [1.165, 1.54) is 0 Å². The number of rotatable bonds is 3. The van der Waals surface area contributed by atoms with Crippen LogP contribution in [0.25, 0.3) is 11.3 Å². The lowest BCUT2D eigenvalue weighted by Crippen LogP contribution is -2.52. The van der Waals surface area contributed by atoms with E-state index in [1.807, 2.05) is 20.8 Å². The number of amides is 1. The Labute approximate surface area is 195 Å². The van der Waals surface area contributed by atoms with Gasteiger partial charge in [-0.3, -0.25) is 0 Å². The molecule has 2 aromatic rings. The van der Waals surface area contributed by atoms with E-state index < -0.39 is 23.1 Å². The summed E-state index contributed by atoms with van der Waals surface area (Å²) < 4.78 is 44.2. The van der Waals surface area contributed by atoms with Crippen LogP contribution in [0.15, 0.2) is 18.2 Å². The Morgan fingerprint density at radius 3 is 2.47 bits per heavy atom. The highest BCUT2D eigenvalue weighted by molar-refractivity contribution is 5.69. The van der Waals surface area contributed by atoms with E-state index in [4.69, 9.17) is 4.74 Å². The summed E-state index contributed by atoms with van der Waals surface area (Å²) in [5.74, 6) is -0.290. The third-order valence-electron chi connectivity index (χ3n) is 6.31. The molecule has 2 heterocycles. The number of carbonyl (C=O) groups excluding carboxylic acids is 1. The molecule has 34 heavy (non-hydrogen) atoms. The van der Waals surface area contributed by atoms with Crippen LogP contribution in [0.1, 0.15) is 51.3 Å². The number of phenolic OH excluding ortho intramolecular Hbond substituents is 1. The van der Waals surface area contributed by atoms with E-state index >= 15 is 0 Å². The maximum absolute atomic E-state index is 12.9. The van der Waals surface area contributed by atoms with Crippen molar-refractivity contribution in [3.63, 3.8) is 0 Å². The van der Waals surface area contributed by atoms with Gasteiger partial charge in [-0.15, -0.1) is 10.2 Å². The van der Waals surface area contributed by atoms with Crippen molar-refractivity contribution in [2.75, 3.05) is 18.4 Å². The monoisotopic (exact) mass is 479 g/mol. The lowest BCUT2D eigenvalue weighted by molar-refractivity contribution is -0.137. The number of likely N-dealkylation sites (tertiary alicyclic amines) is 1. The van der Waals surface area contributed by atoms with E-state index in [0.717, 1.165) is 31.4 Å². The molecule has 0 bridgehead atoms. The van der Waals surface area contributed by atoms with Gasteiger partial charge in [-0.25, -0.2) is 9.78 Å². The maximum Gasteiger partial charge on any atom is 0.416 e. The van der Waals surface area contributed by atoms with Crippen LogP contribution in [-0.2, 0) is 10.9 Å². The zero-order valence-electron chi connectivity index (χ0n) is 19.5. The van der Waals surface area contributed by atoms with Gasteiger partial charge in [0, 0.05) is 18.7 Å². The molecule has 1 aromatic carbocycles. The number of aromatic hydroxyl groups is 1. The first kappa shape index (κ1) is 24.0. The van der Waals surface area contributed by atoms with E-state index in [1.54, 1.807) is 11.8 Å². The second kappa shape index (κ2) is 8.28. The number of hydrogen-bond donors (Lipinski definition) is 2. The van der Waals surface area contributed by atoms with E-state index in [-0.39, 0.29) is 34.8 Å². The minimum Gasteiger partial charge on any atom is -0.507 e. The molecule has 1 aliphatic heterocycles. The third-order valence-corrected chi connectivity index (χ3v) is 6.31. The number of alkyl halides is 3. The van der Waals surface area contributed by atoms with Crippen molar-refractivity contribution in [2.24, 2.45) is 5.41 Å². The zero-order chi connectivity index (χ0) is 24.9. The fraction of sp³-hybridized carbons (Fsp3) is 0.565. The molecule has 2 aliphatic rings. The molecule has 1 spiro atoms. The van der Waals surface area contributed by atoms with Gasteiger partial charge in [0.2, 0.25) is 5.95 Å². The molecule has 11 heteroatoms. The van der Waals surface area contributed by atoms with Crippen molar-refractivity contribution in [3.05, 3.63) is 29.5 Å². The van der Waals surface area contributed by atoms with Crippen LogP contribution < -0.4 is 5.32 Å². The van der Waals surface area contributed by atoms with Crippen molar-refractivity contribution in [2.45, 2.75) is 64.8 Å². The Bertz CT molecular complexity index is 1100. The number of aromatic nitrogens is 3. The SMILES string of the molecule is Cc1nc(NC2CN(C(=O)OC(C)(C)C)CCC23CC3)nnc1-c1ccc(C(F)(F)F)cc1O. The smallest absolute Gasteiger partial charge is 0.416 e. The van der Waals surface area contributed by atoms with Crippen LogP contribution in [0.3, 0.4) is 0 Å². The van der Waals surface area contributed by atoms with Gasteiger partial charge in [0.1, 0.15) is 17.0 Å². The fourth-order valence-corrected chi connectivity index (χ4v) is 4.27. The molecule has 1 saturated heterocycles. The van der Waals surface area contributed by atoms with Crippen LogP contribution in [0.2, 0.25) is 0 Å². The number of carbonyl (C=O) groups is 1. The number of nitrogens with one attached hydrogen (secondary N) is 1. The first-order valence-corrected chi connectivity index (χ1v) is 11.1. The molecule has 2 N–H and O–H groups in total. The topological polar surface area (TPSA) is 100 Å². The van der Waals surface area contributed by atoms with Crippen LogP contribution in [0, 0.1) is 12.3 Å².